The number of aromatic hydroxyl groups is 1. The topological polar surface area (TPSA) is 29.5 Å². The fourth-order valence-corrected chi connectivity index (χ4v) is 7.09. The van der Waals surface area contributed by atoms with Crippen LogP contribution in [0.25, 0.3) is 31.3 Å². The molecule has 7 rings (SSSR count). The molecule has 1 atom stereocenters. The Morgan fingerprint density at radius 2 is 1.44 bits per heavy atom. The molecule has 1 aliphatic rings. The van der Waals surface area contributed by atoms with E-state index in [2.05, 4.69) is 79.0 Å². The van der Waals surface area contributed by atoms with Gasteiger partial charge in [0, 0.05) is 25.8 Å². The second kappa shape index (κ2) is 7.45. The van der Waals surface area contributed by atoms with Crippen LogP contribution in [0.5, 0.6) is 17.2 Å². The van der Waals surface area contributed by atoms with Crippen LogP contribution in [0.3, 0.4) is 0 Å². The standard InChI is InChI=1S/C30H20O2S2/c1-17-4-5-18-7-10-23-28(21(18)15-17)30(27-13-12-26(34-27)25-3-2-14-33-25)29-22-16-20(31)9-6-19(22)8-11-24(29)32-23/h2-16,30-31H,1H3. The van der Waals surface area contributed by atoms with Crippen LogP contribution in [0.1, 0.15) is 27.5 Å². The van der Waals surface area contributed by atoms with Crippen molar-refractivity contribution in [3.63, 3.8) is 0 Å². The van der Waals surface area contributed by atoms with E-state index in [9.17, 15) is 5.11 Å². The van der Waals surface area contributed by atoms with E-state index in [4.69, 9.17) is 4.74 Å². The van der Waals surface area contributed by atoms with Gasteiger partial charge in [-0.25, -0.2) is 0 Å². The van der Waals surface area contributed by atoms with Crippen LogP contribution in [-0.2, 0) is 0 Å². The summed E-state index contributed by atoms with van der Waals surface area (Å²) >= 11 is 3.61. The van der Waals surface area contributed by atoms with Crippen molar-refractivity contribution in [2.24, 2.45) is 0 Å². The highest BCUT2D eigenvalue weighted by Gasteiger charge is 2.33. The van der Waals surface area contributed by atoms with Crippen molar-refractivity contribution in [3.05, 3.63) is 112 Å². The molecule has 0 fully saturated rings. The fourth-order valence-electron chi connectivity index (χ4n) is 5.13. The predicted molar refractivity (Wildman–Crippen MR) is 143 cm³/mol. The number of aryl methyl sites for hydroxylation is 1. The van der Waals surface area contributed by atoms with Gasteiger partial charge < -0.3 is 9.84 Å². The van der Waals surface area contributed by atoms with Crippen LogP contribution in [0.2, 0.25) is 0 Å². The molecular formula is C30H20O2S2. The van der Waals surface area contributed by atoms with E-state index < -0.39 is 0 Å². The van der Waals surface area contributed by atoms with Gasteiger partial charge in [-0.1, -0.05) is 48.0 Å². The zero-order chi connectivity index (χ0) is 22.8. The molecule has 4 aromatic carbocycles. The Hall–Kier alpha value is -3.60. The van der Waals surface area contributed by atoms with E-state index in [0.29, 0.717) is 0 Å². The highest BCUT2D eigenvalue weighted by molar-refractivity contribution is 7.21. The molecule has 1 N–H and O–H groups in total. The van der Waals surface area contributed by atoms with E-state index >= 15 is 0 Å². The normalized spacial score (nSPS) is 14.7. The van der Waals surface area contributed by atoms with Crippen molar-refractivity contribution in [2.75, 3.05) is 0 Å². The predicted octanol–water partition coefficient (Wildman–Crippen LogP) is 9.08. The van der Waals surface area contributed by atoms with Crippen LogP contribution < -0.4 is 4.74 Å². The lowest BCUT2D eigenvalue weighted by molar-refractivity contribution is 0.456. The van der Waals surface area contributed by atoms with Gasteiger partial charge in [0.1, 0.15) is 17.2 Å². The van der Waals surface area contributed by atoms with Gasteiger partial charge in [-0.2, -0.15) is 0 Å². The molecule has 2 aromatic heterocycles. The van der Waals surface area contributed by atoms with Crippen LogP contribution in [0.4, 0.5) is 0 Å². The summed E-state index contributed by atoms with van der Waals surface area (Å²) < 4.78 is 6.53. The minimum Gasteiger partial charge on any atom is -0.508 e. The molecule has 0 saturated carbocycles. The third-order valence-electron chi connectivity index (χ3n) is 6.66. The van der Waals surface area contributed by atoms with Gasteiger partial charge in [0.15, 0.2) is 0 Å². The summed E-state index contributed by atoms with van der Waals surface area (Å²) in [6, 6.07) is 29.4. The average Bonchev–Trinajstić information content (AvgIpc) is 3.54. The first kappa shape index (κ1) is 19.8. The number of benzene rings is 4. The summed E-state index contributed by atoms with van der Waals surface area (Å²) in [6.45, 7) is 2.14. The summed E-state index contributed by atoms with van der Waals surface area (Å²) in [5, 5.41) is 17.1. The van der Waals surface area contributed by atoms with Crippen LogP contribution >= 0.6 is 22.7 Å². The monoisotopic (exact) mass is 476 g/mol. The highest BCUT2D eigenvalue weighted by atomic mass is 32.1. The number of hydrogen-bond donors (Lipinski definition) is 1. The zero-order valence-corrected chi connectivity index (χ0v) is 20.0. The number of phenolic OH excluding ortho intramolecular Hbond substituents is 1. The molecular weight excluding hydrogens is 456 g/mol. The van der Waals surface area contributed by atoms with Crippen molar-refractivity contribution in [1.29, 1.82) is 0 Å². The second-order valence-electron chi connectivity index (χ2n) is 8.80. The SMILES string of the molecule is Cc1ccc2ccc3c(c2c1)C(c1ccc(-c2cccs2)s1)c1c(ccc2ccc(O)cc12)O3. The summed E-state index contributed by atoms with van der Waals surface area (Å²) in [4.78, 5) is 3.84. The van der Waals surface area contributed by atoms with Crippen molar-refractivity contribution in [1.82, 2.24) is 0 Å². The molecule has 0 saturated heterocycles. The lowest BCUT2D eigenvalue weighted by Gasteiger charge is -2.30. The minimum absolute atomic E-state index is 0.00784. The summed E-state index contributed by atoms with van der Waals surface area (Å²) in [5.74, 6) is 2.04. The van der Waals surface area contributed by atoms with Crippen molar-refractivity contribution in [3.8, 4) is 27.0 Å². The number of fused-ring (bicyclic) bond motifs is 6. The summed E-state index contributed by atoms with van der Waals surface area (Å²) in [5.41, 5.74) is 3.55. The van der Waals surface area contributed by atoms with Crippen molar-refractivity contribution >= 4 is 44.2 Å². The summed E-state index contributed by atoms with van der Waals surface area (Å²) in [7, 11) is 0. The molecule has 34 heavy (non-hydrogen) atoms. The third-order valence-corrected chi connectivity index (χ3v) is 8.87. The molecule has 4 heteroatoms. The number of hydrogen-bond acceptors (Lipinski definition) is 4. The van der Waals surface area contributed by atoms with Gasteiger partial charge in [-0.15, -0.1) is 22.7 Å². The number of thiophene rings is 2. The Labute approximate surface area is 205 Å². The van der Waals surface area contributed by atoms with Crippen molar-refractivity contribution < 1.29 is 9.84 Å². The number of rotatable bonds is 2. The Morgan fingerprint density at radius 1 is 0.735 bits per heavy atom. The van der Waals surface area contributed by atoms with E-state index in [1.165, 1.54) is 36.5 Å². The Kier molecular flexibility index (Phi) is 4.35. The molecule has 0 aliphatic carbocycles. The van der Waals surface area contributed by atoms with Crippen LogP contribution in [0.15, 0.2) is 90.3 Å². The van der Waals surface area contributed by atoms with Crippen molar-refractivity contribution in [2.45, 2.75) is 12.8 Å². The lowest BCUT2D eigenvalue weighted by atomic mass is 9.81. The molecule has 0 radical (unpaired) electrons. The van der Waals surface area contributed by atoms with Crippen LogP contribution in [-0.4, -0.2) is 5.11 Å². The molecule has 6 aromatic rings. The third kappa shape index (κ3) is 2.99. The molecule has 0 spiro atoms. The second-order valence-corrected chi connectivity index (χ2v) is 10.9. The summed E-state index contributed by atoms with van der Waals surface area (Å²) in [6.07, 6.45) is 0. The Morgan fingerprint density at radius 3 is 2.18 bits per heavy atom. The first-order valence-electron chi connectivity index (χ1n) is 11.3. The zero-order valence-electron chi connectivity index (χ0n) is 18.4. The molecule has 2 nitrogen and oxygen atoms in total. The Balaban J connectivity index is 1.57. The van der Waals surface area contributed by atoms with Gasteiger partial charge in [-0.05, 0) is 76.3 Å². The molecule has 1 unspecified atom stereocenters. The van der Waals surface area contributed by atoms with Gasteiger partial charge >= 0.3 is 0 Å². The largest absolute Gasteiger partial charge is 0.508 e. The van der Waals surface area contributed by atoms with E-state index in [-0.39, 0.29) is 11.7 Å². The maximum absolute atomic E-state index is 10.4. The van der Waals surface area contributed by atoms with Gasteiger partial charge in [0.05, 0.1) is 5.92 Å². The smallest absolute Gasteiger partial charge is 0.132 e. The minimum atomic E-state index is 0.00784. The quantitative estimate of drug-likeness (QED) is 0.270. The van der Waals surface area contributed by atoms with Gasteiger partial charge in [-0.3, -0.25) is 0 Å². The number of ether oxygens (including phenoxy) is 1. The molecule has 0 amide bonds. The van der Waals surface area contributed by atoms with E-state index in [1.54, 1.807) is 17.4 Å². The fraction of sp³-hybridized carbons (Fsp3) is 0.0667. The maximum Gasteiger partial charge on any atom is 0.132 e. The first-order chi connectivity index (χ1) is 16.7. The maximum atomic E-state index is 10.4. The van der Waals surface area contributed by atoms with Gasteiger partial charge in [0.25, 0.3) is 0 Å². The van der Waals surface area contributed by atoms with E-state index in [0.717, 1.165) is 27.8 Å². The average molecular weight is 477 g/mol. The molecule has 164 valence electrons. The van der Waals surface area contributed by atoms with Gasteiger partial charge in [0.2, 0.25) is 0 Å². The highest BCUT2D eigenvalue weighted by Crippen LogP contribution is 2.54. The molecule has 1 aliphatic heterocycles. The first-order valence-corrected chi connectivity index (χ1v) is 13.0. The lowest BCUT2D eigenvalue weighted by Crippen LogP contribution is -2.12. The van der Waals surface area contributed by atoms with Crippen LogP contribution in [0, 0.1) is 6.92 Å². The van der Waals surface area contributed by atoms with E-state index in [1.807, 2.05) is 23.5 Å². The molecule has 3 heterocycles. The number of phenols is 1. The molecule has 0 bridgehead atoms. The Bertz CT molecular complexity index is 1620.